The van der Waals surface area contributed by atoms with Gasteiger partial charge < -0.3 is 14.6 Å². The van der Waals surface area contributed by atoms with E-state index < -0.39 is 0 Å². The van der Waals surface area contributed by atoms with Crippen LogP contribution in [0.15, 0.2) is 53.4 Å². The van der Waals surface area contributed by atoms with E-state index in [4.69, 9.17) is 16.3 Å². The molecule has 0 spiro atoms. The van der Waals surface area contributed by atoms with Crippen LogP contribution in [0.1, 0.15) is 27.3 Å². The van der Waals surface area contributed by atoms with Crippen LogP contribution < -0.4 is 4.74 Å². The summed E-state index contributed by atoms with van der Waals surface area (Å²) in [6, 6.07) is 14.0. The standard InChI is InChI=1S/C28H32ClN5O2S/c1-20-25-15-22(29)6-7-26(25)31-27(20)28(35)34-10-8-33(9-11-34)12-13-36-24-5-3-4-21(14-24)16-32(2)17-23-18-37-19-30-23/h3-7,14-15,18-19,31H,8-13,16-17H2,1-2H3. The summed E-state index contributed by atoms with van der Waals surface area (Å²) in [6.45, 7) is 8.18. The third-order valence-electron chi connectivity index (χ3n) is 6.84. The van der Waals surface area contributed by atoms with Gasteiger partial charge in [0.05, 0.1) is 11.2 Å². The maximum atomic E-state index is 13.2. The van der Waals surface area contributed by atoms with Crippen LogP contribution in [0, 0.1) is 6.92 Å². The number of thiazole rings is 1. The largest absolute Gasteiger partial charge is 0.492 e. The second kappa shape index (κ2) is 11.6. The van der Waals surface area contributed by atoms with Crippen LogP contribution in [0.3, 0.4) is 0 Å². The Hall–Kier alpha value is -2.91. The Kier molecular flexibility index (Phi) is 8.10. The fourth-order valence-electron chi connectivity index (χ4n) is 4.83. The molecular weight excluding hydrogens is 506 g/mol. The molecule has 0 aliphatic carbocycles. The summed E-state index contributed by atoms with van der Waals surface area (Å²) < 4.78 is 6.07. The van der Waals surface area contributed by atoms with Gasteiger partial charge in [-0.05, 0) is 55.4 Å². The molecule has 7 nitrogen and oxygen atoms in total. The number of hydrogen-bond acceptors (Lipinski definition) is 6. The van der Waals surface area contributed by atoms with E-state index in [1.54, 1.807) is 11.3 Å². The van der Waals surface area contributed by atoms with Crippen molar-refractivity contribution in [1.29, 1.82) is 0 Å². The van der Waals surface area contributed by atoms with Crippen molar-refractivity contribution in [3.05, 3.63) is 80.9 Å². The molecule has 1 N–H and O–H groups in total. The zero-order valence-electron chi connectivity index (χ0n) is 21.2. The van der Waals surface area contributed by atoms with E-state index in [0.29, 0.717) is 30.4 Å². The van der Waals surface area contributed by atoms with Gasteiger partial charge in [0.1, 0.15) is 18.1 Å². The smallest absolute Gasteiger partial charge is 0.270 e. The van der Waals surface area contributed by atoms with E-state index in [1.165, 1.54) is 5.56 Å². The molecule has 37 heavy (non-hydrogen) atoms. The molecule has 1 amide bonds. The van der Waals surface area contributed by atoms with Gasteiger partial charge >= 0.3 is 0 Å². The number of benzene rings is 2. The summed E-state index contributed by atoms with van der Waals surface area (Å²) in [4.78, 5) is 27.4. The predicted molar refractivity (Wildman–Crippen MR) is 150 cm³/mol. The number of aromatic amines is 1. The van der Waals surface area contributed by atoms with Crippen LogP contribution in [0.25, 0.3) is 10.9 Å². The number of aromatic nitrogens is 2. The maximum absolute atomic E-state index is 13.2. The highest BCUT2D eigenvalue weighted by molar-refractivity contribution is 7.07. The predicted octanol–water partition coefficient (Wildman–Crippen LogP) is 5.06. The van der Waals surface area contributed by atoms with Gasteiger partial charge in [0.2, 0.25) is 0 Å². The molecule has 4 aromatic rings. The van der Waals surface area contributed by atoms with E-state index in [2.05, 4.69) is 44.3 Å². The topological polar surface area (TPSA) is 64.7 Å². The molecule has 1 aliphatic heterocycles. The quantitative estimate of drug-likeness (QED) is 0.323. The van der Waals surface area contributed by atoms with Gasteiger partial charge in [-0.3, -0.25) is 14.6 Å². The summed E-state index contributed by atoms with van der Waals surface area (Å²) >= 11 is 7.77. The number of rotatable bonds is 9. The van der Waals surface area contributed by atoms with E-state index in [9.17, 15) is 4.79 Å². The number of halogens is 1. The molecule has 1 aliphatic rings. The van der Waals surface area contributed by atoms with Crippen LogP contribution in [-0.4, -0.2) is 77.0 Å². The Bertz CT molecular complexity index is 1350. The average Bonchev–Trinajstić information content (AvgIpc) is 3.52. The highest BCUT2D eigenvalue weighted by Gasteiger charge is 2.25. The highest BCUT2D eigenvalue weighted by atomic mass is 35.5. The van der Waals surface area contributed by atoms with Gasteiger partial charge in [-0.2, -0.15) is 0 Å². The second-order valence-corrected chi connectivity index (χ2v) is 10.8. The summed E-state index contributed by atoms with van der Waals surface area (Å²) in [5.74, 6) is 0.944. The van der Waals surface area contributed by atoms with Crippen LogP contribution >= 0.6 is 22.9 Å². The molecule has 3 heterocycles. The lowest BCUT2D eigenvalue weighted by atomic mass is 10.1. The van der Waals surface area contributed by atoms with Gasteiger partial charge in [-0.15, -0.1) is 11.3 Å². The minimum atomic E-state index is 0.0530. The number of carbonyl (C=O) groups is 1. The Morgan fingerprint density at radius 2 is 2.00 bits per heavy atom. The third kappa shape index (κ3) is 6.33. The summed E-state index contributed by atoms with van der Waals surface area (Å²) in [5, 5.41) is 3.77. The van der Waals surface area contributed by atoms with Gasteiger partial charge in [0.25, 0.3) is 5.91 Å². The molecule has 0 atom stereocenters. The molecular formula is C28H32ClN5O2S. The Labute approximate surface area is 226 Å². The van der Waals surface area contributed by atoms with Crippen molar-refractivity contribution in [2.75, 3.05) is 46.4 Å². The molecule has 0 bridgehead atoms. The lowest BCUT2D eigenvalue weighted by Gasteiger charge is -2.34. The SMILES string of the molecule is Cc1c(C(=O)N2CCN(CCOc3cccc(CN(C)Cc4cscn4)c3)CC2)[nH]c2ccc(Cl)cc12. The molecule has 2 aromatic carbocycles. The van der Waals surface area contributed by atoms with Gasteiger partial charge in [0.15, 0.2) is 0 Å². The number of amides is 1. The second-order valence-electron chi connectivity index (χ2n) is 9.60. The number of nitrogens with one attached hydrogen (secondary N) is 1. The minimum Gasteiger partial charge on any atom is -0.492 e. The van der Waals surface area contributed by atoms with E-state index in [-0.39, 0.29) is 5.91 Å². The van der Waals surface area contributed by atoms with Crippen molar-refractivity contribution in [3.63, 3.8) is 0 Å². The van der Waals surface area contributed by atoms with E-state index >= 15 is 0 Å². The fraction of sp³-hybridized carbons (Fsp3) is 0.357. The average molecular weight is 538 g/mol. The first kappa shape index (κ1) is 25.7. The van der Waals surface area contributed by atoms with Crippen LogP contribution in [0.4, 0.5) is 0 Å². The van der Waals surface area contributed by atoms with Crippen molar-refractivity contribution in [2.45, 2.75) is 20.0 Å². The Morgan fingerprint density at radius 1 is 1.16 bits per heavy atom. The number of carbonyl (C=O) groups excluding carboxylic acids is 1. The van der Waals surface area contributed by atoms with Crippen molar-refractivity contribution < 1.29 is 9.53 Å². The molecule has 0 unspecified atom stereocenters. The van der Waals surface area contributed by atoms with Crippen molar-refractivity contribution in [3.8, 4) is 5.75 Å². The Morgan fingerprint density at radius 3 is 2.78 bits per heavy atom. The number of ether oxygens (including phenoxy) is 1. The molecule has 0 saturated carbocycles. The van der Waals surface area contributed by atoms with Crippen molar-refractivity contribution >= 4 is 39.7 Å². The van der Waals surface area contributed by atoms with E-state index in [0.717, 1.165) is 60.6 Å². The molecule has 5 rings (SSSR count). The molecule has 9 heteroatoms. The zero-order chi connectivity index (χ0) is 25.8. The monoisotopic (exact) mass is 537 g/mol. The number of hydrogen-bond donors (Lipinski definition) is 1. The van der Waals surface area contributed by atoms with Gasteiger partial charge in [-0.1, -0.05) is 23.7 Å². The lowest BCUT2D eigenvalue weighted by Crippen LogP contribution is -2.49. The molecule has 194 valence electrons. The third-order valence-corrected chi connectivity index (χ3v) is 7.71. The zero-order valence-corrected chi connectivity index (χ0v) is 22.8. The molecule has 2 aromatic heterocycles. The van der Waals surface area contributed by atoms with Crippen LogP contribution in [0.5, 0.6) is 5.75 Å². The summed E-state index contributed by atoms with van der Waals surface area (Å²) in [7, 11) is 2.10. The highest BCUT2D eigenvalue weighted by Crippen LogP contribution is 2.26. The van der Waals surface area contributed by atoms with Crippen LogP contribution in [0.2, 0.25) is 5.02 Å². The van der Waals surface area contributed by atoms with Crippen molar-refractivity contribution in [1.82, 2.24) is 24.7 Å². The minimum absolute atomic E-state index is 0.0530. The first-order valence-corrected chi connectivity index (χ1v) is 13.8. The summed E-state index contributed by atoms with van der Waals surface area (Å²) in [6.07, 6.45) is 0. The van der Waals surface area contributed by atoms with Crippen LogP contribution in [-0.2, 0) is 13.1 Å². The number of H-pyrrole nitrogens is 1. The lowest BCUT2D eigenvalue weighted by molar-refractivity contribution is 0.0615. The number of fused-ring (bicyclic) bond motifs is 1. The first-order valence-electron chi connectivity index (χ1n) is 12.5. The normalized spacial score (nSPS) is 14.5. The number of nitrogens with zero attached hydrogens (tertiary/aromatic N) is 4. The van der Waals surface area contributed by atoms with E-state index in [1.807, 2.05) is 47.7 Å². The Balaban J connectivity index is 1.07. The first-order chi connectivity index (χ1) is 18.0. The summed E-state index contributed by atoms with van der Waals surface area (Å²) in [5.41, 5.74) is 6.74. The van der Waals surface area contributed by atoms with Crippen molar-refractivity contribution in [2.24, 2.45) is 0 Å². The van der Waals surface area contributed by atoms with Gasteiger partial charge in [-0.25, -0.2) is 4.98 Å². The molecule has 1 fully saturated rings. The number of piperazine rings is 1. The molecule has 1 saturated heterocycles. The van der Waals surface area contributed by atoms with Gasteiger partial charge in [0, 0.05) is 67.1 Å². The fourth-order valence-corrected chi connectivity index (χ4v) is 5.55. The number of aryl methyl sites for hydroxylation is 1. The molecule has 0 radical (unpaired) electrons. The maximum Gasteiger partial charge on any atom is 0.270 e.